The van der Waals surface area contributed by atoms with Crippen molar-refractivity contribution >= 4 is 11.8 Å². The molecule has 2 amide bonds. The van der Waals surface area contributed by atoms with E-state index in [1.807, 2.05) is 6.07 Å². The Kier molecular flexibility index (Phi) is 5.53. The van der Waals surface area contributed by atoms with E-state index in [0.717, 1.165) is 19.3 Å². The molecule has 0 radical (unpaired) electrons. The minimum Gasteiger partial charge on any atom is -0.459 e. The number of nitrogens with zero attached hydrogens (tertiary/aromatic N) is 1. The summed E-state index contributed by atoms with van der Waals surface area (Å²) in [5.41, 5.74) is 2.40. The van der Waals surface area contributed by atoms with E-state index in [1.165, 1.54) is 17.4 Å². The van der Waals surface area contributed by atoms with Crippen LogP contribution in [0.3, 0.4) is 0 Å². The van der Waals surface area contributed by atoms with Crippen molar-refractivity contribution in [1.82, 2.24) is 10.2 Å². The molecule has 2 aromatic rings. The van der Waals surface area contributed by atoms with E-state index in [9.17, 15) is 9.59 Å². The van der Waals surface area contributed by atoms with E-state index in [2.05, 4.69) is 30.4 Å². The SMILES string of the molecule is Cc1cccc(CCC(=O)NC2CCN(C(=O)c3ccco3)CC2)c1. The Labute approximate surface area is 148 Å². The molecular weight excluding hydrogens is 316 g/mol. The first-order valence-corrected chi connectivity index (χ1v) is 8.79. The van der Waals surface area contributed by atoms with Crippen LogP contribution in [0.1, 0.15) is 40.9 Å². The molecule has 0 unspecified atom stereocenters. The average Bonchev–Trinajstić information content (AvgIpc) is 3.15. The first-order chi connectivity index (χ1) is 12.1. The van der Waals surface area contributed by atoms with Gasteiger partial charge in [0.1, 0.15) is 0 Å². The molecule has 5 heteroatoms. The van der Waals surface area contributed by atoms with Crippen molar-refractivity contribution in [2.75, 3.05) is 13.1 Å². The number of amides is 2. The predicted octanol–water partition coefficient (Wildman–Crippen LogP) is 2.94. The lowest BCUT2D eigenvalue weighted by Crippen LogP contribution is -2.46. The third kappa shape index (κ3) is 4.72. The second-order valence-corrected chi connectivity index (χ2v) is 6.60. The minimum absolute atomic E-state index is 0.0748. The van der Waals surface area contributed by atoms with E-state index in [1.54, 1.807) is 17.0 Å². The van der Waals surface area contributed by atoms with Crippen LogP contribution < -0.4 is 5.32 Å². The van der Waals surface area contributed by atoms with Gasteiger partial charge in [0.15, 0.2) is 5.76 Å². The molecule has 1 saturated heterocycles. The highest BCUT2D eigenvalue weighted by Crippen LogP contribution is 2.15. The first-order valence-electron chi connectivity index (χ1n) is 8.79. The molecule has 0 aliphatic carbocycles. The number of carbonyl (C=O) groups is 2. The number of aryl methyl sites for hydroxylation is 2. The summed E-state index contributed by atoms with van der Waals surface area (Å²) in [5, 5.41) is 3.10. The molecule has 1 aliphatic heterocycles. The van der Waals surface area contributed by atoms with Gasteiger partial charge >= 0.3 is 0 Å². The second-order valence-electron chi connectivity index (χ2n) is 6.60. The van der Waals surface area contributed by atoms with Crippen LogP contribution in [0.2, 0.25) is 0 Å². The van der Waals surface area contributed by atoms with Crippen LogP contribution in [-0.4, -0.2) is 35.8 Å². The number of carbonyl (C=O) groups excluding carboxylic acids is 2. The zero-order chi connectivity index (χ0) is 17.6. The van der Waals surface area contributed by atoms with Crippen molar-refractivity contribution in [3.8, 4) is 0 Å². The fourth-order valence-electron chi connectivity index (χ4n) is 3.21. The lowest BCUT2D eigenvalue weighted by atomic mass is 10.0. The quantitative estimate of drug-likeness (QED) is 0.910. The summed E-state index contributed by atoms with van der Waals surface area (Å²) in [5.74, 6) is 0.382. The average molecular weight is 340 g/mol. The summed E-state index contributed by atoms with van der Waals surface area (Å²) in [6.45, 7) is 3.34. The summed E-state index contributed by atoms with van der Waals surface area (Å²) in [4.78, 5) is 26.2. The molecular formula is C20H24N2O3. The molecule has 1 N–H and O–H groups in total. The van der Waals surface area contributed by atoms with Gasteiger partial charge in [-0.1, -0.05) is 29.8 Å². The number of furan rings is 1. The molecule has 132 valence electrons. The highest BCUT2D eigenvalue weighted by molar-refractivity contribution is 5.91. The summed E-state index contributed by atoms with van der Waals surface area (Å²) in [6.07, 6.45) is 4.32. The molecule has 1 aliphatic rings. The molecule has 5 nitrogen and oxygen atoms in total. The van der Waals surface area contributed by atoms with Gasteiger partial charge in [0, 0.05) is 25.6 Å². The van der Waals surface area contributed by atoms with Gasteiger partial charge in [-0.3, -0.25) is 9.59 Å². The highest BCUT2D eigenvalue weighted by atomic mass is 16.3. The maximum atomic E-state index is 12.2. The van der Waals surface area contributed by atoms with Crippen molar-refractivity contribution < 1.29 is 14.0 Å². The van der Waals surface area contributed by atoms with Gasteiger partial charge in [-0.25, -0.2) is 0 Å². The smallest absolute Gasteiger partial charge is 0.289 e. The van der Waals surface area contributed by atoms with Gasteiger partial charge in [0.25, 0.3) is 5.91 Å². The molecule has 1 fully saturated rings. The maximum Gasteiger partial charge on any atom is 0.289 e. The maximum absolute atomic E-state index is 12.2. The first kappa shape index (κ1) is 17.3. The fourth-order valence-corrected chi connectivity index (χ4v) is 3.21. The Morgan fingerprint density at radius 3 is 2.68 bits per heavy atom. The van der Waals surface area contributed by atoms with E-state index >= 15 is 0 Å². The van der Waals surface area contributed by atoms with Crippen LogP contribution in [0, 0.1) is 6.92 Å². The summed E-state index contributed by atoms with van der Waals surface area (Å²) in [6, 6.07) is 11.8. The lowest BCUT2D eigenvalue weighted by molar-refractivity contribution is -0.122. The summed E-state index contributed by atoms with van der Waals surface area (Å²) < 4.78 is 5.16. The van der Waals surface area contributed by atoms with Crippen molar-refractivity contribution in [3.05, 3.63) is 59.5 Å². The van der Waals surface area contributed by atoms with E-state index in [0.29, 0.717) is 25.3 Å². The predicted molar refractivity (Wildman–Crippen MR) is 95.3 cm³/mol. The molecule has 1 aromatic heterocycles. The van der Waals surface area contributed by atoms with Crippen molar-refractivity contribution in [3.63, 3.8) is 0 Å². The summed E-state index contributed by atoms with van der Waals surface area (Å²) >= 11 is 0. The number of hydrogen-bond acceptors (Lipinski definition) is 3. The number of piperidine rings is 1. The molecule has 2 heterocycles. The largest absolute Gasteiger partial charge is 0.459 e. The number of likely N-dealkylation sites (tertiary alicyclic amines) is 1. The molecule has 0 atom stereocenters. The molecule has 0 saturated carbocycles. The molecule has 25 heavy (non-hydrogen) atoms. The van der Waals surface area contributed by atoms with Gasteiger partial charge in [-0.2, -0.15) is 0 Å². The Balaban J connectivity index is 1.41. The van der Waals surface area contributed by atoms with Crippen molar-refractivity contribution in [2.24, 2.45) is 0 Å². The molecule has 1 aromatic carbocycles. The Bertz CT molecular complexity index is 716. The number of benzene rings is 1. The Morgan fingerprint density at radius 1 is 1.20 bits per heavy atom. The van der Waals surface area contributed by atoms with E-state index in [4.69, 9.17) is 4.42 Å². The van der Waals surface area contributed by atoms with Gasteiger partial charge in [-0.15, -0.1) is 0 Å². The topological polar surface area (TPSA) is 62.6 Å². The number of nitrogens with one attached hydrogen (secondary N) is 1. The second kappa shape index (κ2) is 8.01. The highest BCUT2D eigenvalue weighted by Gasteiger charge is 2.25. The van der Waals surface area contributed by atoms with Crippen LogP contribution in [0.4, 0.5) is 0 Å². The van der Waals surface area contributed by atoms with Crippen molar-refractivity contribution in [1.29, 1.82) is 0 Å². The van der Waals surface area contributed by atoms with Crippen molar-refractivity contribution in [2.45, 2.75) is 38.6 Å². The van der Waals surface area contributed by atoms with Crippen LogP contribution in [0.5, 0.6) is 0 Å². The molecule has 0 spiro atoms. The minimum atomic E-state index is -0.0748. The zero-order valence-corrected chi connectivity index (χ0v) is 14.5. The Hall–Kier alpha value is -2.56. The third-order valence-corrected chi connectivity index (χ3v) is 4.60. The van der Waals surface area contributed by atoms with Gasteiger partial charge in [-0.05, 0) is 43.9 Å². The van der Waals surface area contributed by atoms with Gasteiger partial charge in [0.05, 0.1) is 6.26 Å². The molecule has 3 rings (SSSR count). The van der Waals surface area contributed by atoms with E-state index in [-0.39, 0.29) is 17.9 Å². The third-order valence-electron chi connectivity index (χ3n) is 4.60. The molecule has 0 bridgehead atoms. The van der Waals surface area contributed by atoms with Crippen LogP contribution in [0.25, 0.3) is 0 Å². The standard InChI is InChI=1S/C20H24N2O3/c1-15-4-2-5-16(14-15)7-8-19(23)21-17-9-11-22(12-10-17)20(24)18-6-3-13-25-18/h2-6,13-14,17H,7-12H2,1H3,(H,21,23). The van der Waals surface area contributed by atoms with Crippen LogP contribution in [-0.2, 0) is 11.2 Å². The van der Waals surface area contributed by atoms with Crippen LogP contribution in [0.15, 0.2) is 47.1 Å². The summed E-state index contributed by atoms with van der Waals surface area (Å²) in [7, 11) is 0. The van der Waals surface area contributed by atoms with E-state index < -0.39 is 0 Å². The van der Waals surface area contributed by atoms with Gasteiger partial charge in [0.2, 0.25) is 5.91 Å². The number of rotatable bonds is 5. The number of hydrogen-bond donors (Lipinski definition) is 1. The Morgan fingerprint density at radius 2 is 2.00 bits per heavy atom. The van der Waals surface area contributed by atoms with Gasteiger partial charge < -0.3 is 14.6 Å². The van der Waals surface area contributed by atoms with Crippen LogP contribution >= 0.6 is 0 Å². The zero-order valence-electron chi connectivity index (χ0n) is 14.5. The fraction of sp³-hybridized carbons (Fsp3) is 0.400. The monoisotopic (exact) mass is 340 g/mol. The normalized spacial score (nSPS) is 15.2. The lowest BCUT2D eigenvalue weighted by Gasteiger charge is -2.31.